The van der Waals surface area contributed by atoms with Crippen LogP contribution in [-0.4, -0.2) is 45.6 Å². The Hall–Kier alpha value is -0.160. The SMILES string of the molecule is COCCC(C)(C)CNCC1(N)CCOCC1. The van der Waals surface area contributed by atoms with Crippen LogP contribution >= 0.6 is 0 Å². The molecule has 0 spiro atoms. The fourth-order valence-corrected chi connectivity index (χ4v) is 2.07. The Bertz CT molecular complexity index is 213. The number of methoxy groups -OCH3 is 1. The van der Waals surface area contributed by atoms with Crippen molar-refractivity contribution < 1.29 is 9.47 Å². The molecular formula is C13H28N2O2. The molecule has 4 heteroatoms. The van der Waals surface area contributed by atoms with E-state index in [4.69, 9.17) is 15.2 Å². The van der Waals surface area contributed by atoms with Crippen molar-refractivity contribution in [3.8, 4) is 0 Å². The number of nitrogens with one attached hydrogen (secondary N) is 1. The second kappa shape index (κ2) is 6.69. The molecular weight excluding hydrogens is 216 g/mol. The molecule has 102 valence electrons. The first-order chi connectivity index (χ1) is 7.97. The summed E-state index contributed by atoms with van der Waals surface area (Å²) in [4.78, 5) is 0. The van der Waals surface area contributed by atoms with Crippen LogP contribution in [-0.2, 0) is 9.47 Å². The first-order valence-electron chi connectivity index (χ1n) is 6.54. The summed E-state index contributed by atoms with van der Waals surface area (Å²) in [6, 6.07) is 0. The van der Waals surface area contributed by atoms with Gasteiger partial charge in [-0.1, -0.05) is 13.8 Å². The van der Waals surface area contributed by atoms with Crippen molar-refractivity contribution in [1.29, 1.82) is 0 Å². The van der Waals surface area contributed by atoms with Gasteiger partial charge < -0.3 is 20.5 Å². The van der Waals surface area contributed by atoms with Gasteiger partial charge in [0, 0.05) is 45.6 Å². The van der Waals surface area contributed by atoms with Crippen molar-refractivity contribution in [3.05, 3.63) is 0 Å². The molecule has 0 aliphatic carbocycles. The van der Waals surface area contributed by atoms with Crippen LogP contribution in [0.2, 0.25) is 0 Å². The molecule has 0 aromatic heterocycles. The fourth-order valence-electron chi connectivity index (χ4n) is 2.07. The summed E-state index contributed by atoms with van der Waals surface area (Å²) in [5, 5.41) is 3.51. The third-order valence-electron chi connectivity index (χ3n) is 3.55. The standard InChI is InChI=1S/C13H28N2O2/c1-12(2,4-7-16-3)10-15-11-13(14)5-8-17-9-6-13/h15H,4-11,14H2,1-3H3. The summed E-state index contributed by atoms with van der Waals surface area (Å²) in [6.07, 6.45) is 2.98. The van der Waals surface area contributed by atoms with Crippen LogP contribution in [0.3, 0.4) is 0 Å². The second-order valence-electron chi connectivity index (χ2n) is 5.99. The summed E-state index contributed by atoms with van der Waals surface area (Å²) < 4.78 is 10.5. The van der Waals surface area contributed by atoms with Crippen LogP contribution in [0, 0.1) is 5.41 Å². The zero-order valence-corrected chi connectivity index (χ0v) is 11.6. The Morgan fingerprint density at radius 2 is 2.00 bits per heavy atom. The van der Waals surface area contributed by atoms with Gasteiger partial charge in [0.05, 0.1) is 0 Å². The molecule has 0 amide bonds. The van der Waals surface area contributed by atoms with Gasteiger partial charge in [-0.15, -0.1) is 0 Å². The molecule has 1 rings (SSSR count). The lowest BCUT2D eigenvalue weighted by molar-refractivity contribution is 0.0519. The Kier molecular flexibility index (Phi) is 5.86. The summed E-state index contributed by atoms with van der Waals surface area (Å²) >= 11 is 0. The van der Waals surface area contributed by atoms with Crippen molar-refractivity contribution in [2.24, 2.45) is 11.1 Å². The van der Waals surface area contributed by atoms with E-state index in [-0.39, 0.29) is 11.0 Å². The lowest BCUT2D eigenvalue weighted by Crippen LogP contribution is -2.53. The molecule has 1 saturated heterocycles. The molecule has 1 fully saturated rings. The monoisotopic (exact) mass is 244 g/mol. The number of nitrogens with two attached hydrogens (primary N) is 1. The van der Waals surface area contributed by atoms with Gasteiger partial charge in [0.25, 0.3) is 0 Å². The van der Waals surface area contributed by atoms with E-state index in [9.17, 15) is 0 Å². The average molecular weight is 244 g/mol. The predicted octanol–water partition coefficient (Wildman–Crippen LogP) is 1.15. The molecule has 1 aliphatic rings. The van der Waals surface area contributed by atoms with Gasteiger partial charge in [0.2, 0.25) is 0 Å². The van der Waals surface area contributed by atoms with Crippen molar-refractivity contribution >= 4 is 0 Å². The van der Waals surface area contributed by atoms with E-state index >= 15 is 0 Å². The van der Waals surface area contributed by atoms with Gasteiger partial charge in [-0.3, -0.25) is 0 Å². The molecule has 0 radical (unpaired) electrons. The Morgan fingerprint density at radius 1 is 1.35 bits per heavy atom. The molecule has 0 atom stereocenters. The van der Waals surface area contributed by atoms with Gasteiger partial charge in [-0.25, -0.2) is 0 Å². The highest BCUT2D eigenvalue weighted by atomic mass is 16.5. The smallest absolute Gasteiger partial charge is 0.0484 e. The maximum atomic E-state index is 6.32. The Morgan fingerprint density at radius 3 is 2.59 bits per heavy atom. The zero-order chi connectivity index (χ0) is 12.8. The van der Waals surface area contributed by atoms with Crippen LogP contribution in [0.15, 0.2) is 0 Å². The number of hydrogen-bond acceptors (Lipinski definition) is 4. The third kappa shape index (κ3) is 5.82. The fraction of sp³-hybridized carbons (Fsp3) is 1.00. The largest absolute Gasteiger partial charge is 0.385 e. The van der Waals surface area contributed by atoms with E-state index < -0.39 is 0 Å². The van der Waals surface area contributed by atoms with Crippen LogP contribution in [0.4, 0.5) is 0 Å². The van der Waals surface area contributed by atoms with Crippen molar-refractivity contribution in [3.63, 3.8) is 0 Å². The van der Waals surface area contributed by atoms with E-state index in [1.807, 2.05) is 0 Å². The highest BCUT2D eigenvalue weighted by Crippen LogP contribution is 2.20. The summed E-state index contributed by atoms with van der Waals surface area (Å²) in [6.45, 7) is 8.79. The highest BCUT2D eigenvalue weighted by molar-refractivity contribution is 4.89. The number of hydrogen-bond donors (Lipinski definition) is 2. The van der Waals surface area contributed by atoms with Gasteiger partial charge in [0.15, 0.2) is 0 Å². The first kappa shape index (κ1) is 14.9. The highest BCUT2D eigenvalue weighted by Gasteiger charge is 2.28. The second-order valence-corrected chi connectivity index (χ2v) is 5.99. The van der Waals surface area contributed by atoms with Crippen LogP contribution in [0.1, 0.15) is 33.1 Å². The quantitative estimate of drug-likeness (QED) is 0.705. The Labute approximate surface area is 105 Å². The number of rotatable bonds is 7. The topological polar surface area (TPSA) is 56.5 Å². The van der Waals surface area contributed by atoms with E-state index in [1.165, 1.54) is 0 Å². The normalized spacial score (nSPS) is 20.5. The number of ether oxygens (including phenoxy) is 2. The maximum absolute atomic E-state index is 6.32. The minimum absolute atomic E-state index is 0.0738. The molecule has 0 aromatic rings. The van der Waals surface area contributed by atoms with E-state index in [1.54, 1.807) is 7.11 Å². The van der Waals surface area contributed by atoms with Crippen molar-refractivity contribution in [2.75, 3.05) is 40.0 Å². The average Bonchev–Trinajstić information content (AvgIpc) is 2.27. The molecule has 0 unspecified atom stereocenters. The predicted molar refractivity (Wildman–Crippen MR) is 70.1 cm³/mol. The third-order valence-corrected chi connectivity index (χ3v) is 3.55. The Balaban J connectivity index is 2.21. The van der Waals surface area contributed by atoms with Crippen molar-refractivity contribution in [2.45, 2.75) is 38.6 Å². The molecule has 4 nitrogen and oxygen atoms in total. The van der Waals surface area contributed by atoms with Gasteiger partial charge in [0.1, 0.15) is 0 Å². The molecule has 1 heterocycles. The van der Waals surface area contributed by atoms with E-state index in [0.29, 0.717) is 0 Å². The molecule has 3 N–H and O–H groups in total. The van der Waals surface area contributed by atoms with E-state index in [0.717, 1.165) is 52.2 Å². The molecule has 17 heavy (non-hydrogen) atoms. The van der Waals surface area contributed by atoms with Gasteiger partial charge in [-0.05, 0) is 24.7 Å². The van der Waals surface area contributed by atoms with Crippen LogP contribution in [0.25, 0.3) is 0 Å². The summed E-state index contributed by atoms with van der Waals surface area (Å²) in [7, 11) is 1.75. The molecule has 0 saturated carbocycles. The zero-order valence-electron chi connectivity index (χ0n) is 11.6. The van der Waals surface area contributed by atoms with Gasteiger partial charge >= 0.3 is 0 Å². The molecule has 1 aliphatic heterocycles. The summed E-state index contributed by atoms with van der Waals surface area (Å²) in [5.74, 6) is 0. The minimum atomic E-state index is -0.0738. The van der Waals surface area contributed by atoms with E-state index in [2.05, 4.69) is 19.2 Å². The van der Waals surface area contributed by atoms with Gasteiger partial charge in [-0.2, -0.15) is 0 Å². The first-order valence-corrected chi connectivity index (χ1v) is 6.54. The van der Waals surface area contributed by atoms with Crippen molar-refractivity contribution in [1.82, 2.24) is 5.32 Å². The van der Waals surface area contributed by atoms with Crippen LogP contribution < -0.4 is 11.1 Å². The lowest BCUT2D eigenvalue weighted by atomic mass is 9.88. The molecule has 0 aromatic carbocycles. The minimum Gasteiger partial charge on any atom is -0.385 e. The lowest BCUT2D eigenvalue weighted by Gasteiger charge is -2.35. The maximum Gasteiger partial charge on any atom is 0.0484 e. The summed E-state index contributed by atoms with van der Waals surface area (Å²) in [5.41, 5.74) is 6.51. The molecule has 0 bridgehead atoms. The van der Waals surface area contributed by atoms with Crippen LogP contribution in [0.5, 0.6) is 0 Å².